The van der Waals surface area contributed by atoms with Crippen LogP contribution in [0.3, 0.4) is 0 Å². The summed E-state index contributed by atoms with van der Waals surface area (Å²) in [6.07, 6.45) is 3.95. The topological polar surface area (TPSA) is 141 Å². The fraction of sp³-hybridized carbons (Fsp3) is 0.370. The summed E-state index contributed by atoms with van der Waals surface area (Å²) in [4.78, 5) is 28.3. The lowest BCUT2D eigenvalue weighted by Crippen LogP contribution is -2.58. The van der Waals surface area contributed by atoms with Gasteiger partial charge in [-0.05, 0) is 68.3 Å². The van der Waals surface area contributed by atoms with Crippen LogP contribution >= 0.6 is 0 Å². The summed E-state index contributed by atoms with van der Waals surface area (Å²) in [5.74, 6) is -1.66. The van der Waals surface area contributed by atoms with Crippen molar-refractivity contribution in [3.05, 3.63) is 66.7 Å². The Labute approximate surface area is 221 Å². The van der Waals surface area contributed by atoms with E-state index < -0.39 is 44.3 Å². The van der Waals surface area contributed by atoms with E-state index in [0.717, 1.165) is 0 Å². The van der Waals surface area contributed by atoms with Crippen LogP contribution in [0.15, 0.2) is 76.6 Å². The van der Waals surface area contributed by atoms with E-state index in [1.165, 1.54) is 42.6 Å². The zero-order valence-corrected chi connectivity index (χ0v) is 21.7. The van der Waals surface area contributed by atoms with Crippen LogP contribution in [0.25, 0.3) is 0 Å². The number of para-hydroxylation sites is 1. The molecule has 10 nitrogen and oxygen atoms in total. The first-order chi connectivity index (χ1) is 18.3. The van der Waals surface area contributed by atoms with Crippen LogP contribution in [0.1, 0.15) is 26.2 Å². The molecule has 1 amide bonds. The summed E-state index contributed by atoms with van der Waals surface area (Å²) >= 11 is 0. The molecular weight excluding hydrogens is 512 g/mol. The number of allylic oxidation sites excluding steroid dienone is 1. The van der Waals surface area contributed by atoms with Gasteiger partial charge in [0.15, 0.2) is 4.87 Å². The van der Waals surface area contributed by atoms with Crippen LogP contribution in [-0.4, -0.2) is 56.4 Å². The van der Waals surface area contributed by atoms with Crippen LogP contribution in [0, 0.1) is 11.3 Å². The van der Waals surface area contributed by atoms with Gasteiger partial charge in [-0.25, -0.2) is 13.9 Å². The Morgan fingerprint density at radius 2 is 1.74 bits per heavy atom. The first kappa shape index (κ1) is 27.5. The molecule has 2 aliphatic heterocycles. The molecule has 0 radical (unpaired) electrons. The van der Waals surface area contributed by atoms with Gasteiger partial charge in [0.25, 0.3) is 0 Å². The average Bonchev–Trinajstić information content (AvgIpc) is 3.44. The molecule has 0 bridgehead atoms. The van der Waals surface area contributed by atoms with Crippen LogP contribution in [-0.2, 0) is 28.9 Å². The zero-order chi connectivity index (χ0) is 27.2. The Hall–Kier alpha value is -3.54. The Balaban J connectivity index is 1.79. The Kier molecular flexibility index (Phi) is 8.29. The fourth-order valence-corrected chi connectivity index (χ4v) is 7.15. The maximum absolute atomic E-state index is 14.3. The van der Waals surface area contributed by atoms with E-state index in [1.54, 1.807) is 24.5 Å². The van der Waals surface area contributed by atoms with E-state index >= 15 is 0 Å². The molecule has 0 aliphatic carbocycles. The van der Waals surface area contributed by atoms with Gasteiger partial charge >= 0.3 is 5.97 Å². The van der Waals surface area contributed by atoms with Crippen LogP contribution in [0.2, 0.25) is 0 Å². The van der Waals surface area contributed by atoms with Gasteiger partial charge in [0.2, 0.25) is 15.7 Å². The number of hydrogen-bond acceptors (Lipinski definition) is 9. The number of ether oxygens (including phenoxy) is 3. The largest absolute Gasteiger partial charge is 0.466 e. The fourth-order valence-electron chi connectivity index (χ4n) is 5.14. The van der Waals surface area contributed by atoms with Gasteiger partial charge in [-0.2, -0.15) is 0 Å². The van der Waals surface area contributed by atoms with Gasteiger partial charge in [0.1, 0.15) is 11.5 Å². The number of carbonyl (C=O) groups excluding carboxylic acids is 2. The molecule has 1 fully saturated rings. The number of nitrogens with one attached hydrogen (secondary N) is 1. The average molecular weight is 543 g/mol. The highest BCUT2D eigenvalue weighted by molar-refractivity contribution is 7.93. The van der Waals surface area contributed by atoms with Crippen molar-refractivity contribution in [1.82, 2.24) is 5.48 Å². The van der Waals surface area contributed by atoms with E-state index in [2.05, 4.69) is 4.99 Å². The van der Waals surface area contributed by atoms with Gasteiger partial charge in [-0.15, -0.1) is 0 Å². The molecule has 2 aromatic carbocycles. The first-order valence-electron chi connectivity index (χ1n) is 12.3. The van der Waals surface area contributed by atoms with Crippen molar-refractivity contribution in [3.63, 3.8) is 0 Å². The van der Waals surface area contributed by atoms with Crippen LogP contribution in [0.4, 0.5) is 0 Å². The molecule has 38 heavy (non-hydrogen) atoms. The monoisotopic (exact) mass is 542 g/mol. The predicted molar refractivity (Wildman–Crippen MR) is 138 cm³/mol. The standard InChI is InChI=1S/C27H30N2O8S/c1-2-36-24(30)19-23(26(25(31)29-32)14-17-35-18-15-26)27(13-6-16-28-27)38(33,34)22-11-9-21(10-12-22)37-20-7-4-3-5-8-20/h3-13,16,23,32H,2,14-15,17-19H2,1H3,(H,29,31). The smallest absolute Gasteiger partial charge is 0.306 e. The number of benzene rings is 2. The summed E-state index contributed by atoms with van der Waals surface area (Å²) in [6.45, 7) is 2.00. The summed E-state index contributed by atoms with van der Waals surface area (Å²) in [6, 6.07) is 14.9. The number of esters is 1. The second-order valence-corrected chi connectivity index (χ2v) is 11.2. The highest BCUT2D eigenvalue weighted by Crippen LogP contribution is 2.52. The Morgan fingerprint density at radius 1 is 1.08 bits per heavy atom. The lowest BCUT2D eigenvalue weighted by atomic mass is 9.65. The highest BCUT2D eigenvalue weighted by atomic mass is 32.2. The van der Waals surface area contributed by atoms with Gasteiger partial charge in [0.05, 0.1) is 23.3 Å². The van der Waals surface area contributed by atoms with Crippen molar-refractivity contribution >= 4 is 27.9 Å². The van der Waals surface area contributed by atoms with E-state index in [-0.39, 0.29) is 37.6 Å². The number of rotatable bonds is 10. The molecule has 2 aliphatic rings. The minimum atomic E-state index is -4.33. The first-order valence-corrected chi connectivity index (χ1v) is 13.8. The summed E-state index contributed by atoms with van der Waals surface area (Å²) in [7, 11) is -4.33. The van der Waals surface area contributed by atoms with Gasteiger partial charge in [0, 0.05) is 25.3 Å². The molecule has 4 rings (SSSR count). The molecular formula is C27H30N2O8S. The third-order valence-corrected chi connectivity index (χ3v) is 9.30. The van der Waals surface area contributed by atoms with Crippen molar-refractivity contribution in [2.75, 3.05) is 19.8 Å². The number of aliphatic imine (C=N–C) groups is 1. The van der Waals surface area contributed by atoms with E-state index in [0.29, 0.717) is 11.5 Å². The number of nitrogens with zero attached hydrogens (tertiary/aromatic N) is 1. The molecule has 1 saturated heterocycles. The van der Waals surface area contributed by atoms with Crippen LogP contribution in [0.5, 0.6) is 11.5 Å². The zero-order valence-electron chi connectivity index (χ0n) is 20.9. The molecule has 0 saturated carbocycles. The van der Waals surface area contributed by atoms with Gasteiger partial charge in [-0.3, -0.25) is 19.8 Å². The third-order valence-electron chi connectivity index (χ3n) is 7.02. The lowest BCUT2D eigenvalue weighted by Gasteiger charge is -2.46. The summed E-state index contributed by atoms with van der Waals surface area (Å²) < 4.78 is 45.0. The number of sulfone groups is 1. The van der Waals surface area contributed by atoms with Crippen molar-refractivity contribution in [2.24, 2.45) is 16.3 Å². The number of amides is 1. The van der Waals surface area contributed by atoms with E-state index in [1.807, 2.05) is 18.2 Å². The normalized spacial score (nSPS) is 21.0. The quantitative estimate of drug-likeness (QED) is 0.264. The molecule has 2 aromatic rings. The third kappa shape index (κ3) is 5.09. The van der Waals surface area contributed by atoms with Gasteiger partial charge in [-0.1, -0.05) is 18.2 Å². The van der Waals surface area contributed by atoms with Crippen molar-refractivity contribution in [2.45, 2.75) is 36.0 Å². The second kappa shape index (κ2) is 11.5. The summed E-state index contributed by atoms with van der Waals surface area (Å²) in [5.41, 5.74) is 0.213. The molecule has 11 heteroatoms. The predicted octanol–water partition coefficient (Wildman–Crippen LogP) is 3.46. The number of carbonyl (C=O) groups is 2. The summed E-state index contributed by atoms with van der Waals surface area (Å²) in [5, 5.41) is 9.66. The molecule has 2 unspecified atom stereocenters. The minimum absolute atomic E-state index is 0.0675. The molecule has 2 heterocycles. The number of hydrogen-bond donors (Lipinski definition) is 2. The highest BCUT2D eigenvalue weighted by Gasteiger charge is 2.61. The second-order valence-electron chi connectivity index (χ2n) is 9.05. The molecule has 2 N–H and O–H groups in total. The SMILES string of the molecule is CCOC(=O)CC(C1(C(=O)NO)CCOCC1)C1(S(=O)(=O)c2ccc(Oc3ccccc3)cc2)C=CC=N1. The van der Waals surface area contributed by atoms with Crippen LogP contribution < -0.4 is 10.2 Å². The Morgan fingerprint density at radius 3 is 2.32 bits per heavy atom. The molecule has 0 aromatic heterocycles. The van der Waals surface area contributed by atoms with Crippen molar-refractivity contribution in [1.29, 1.82) is 0 Å². The van der Waals surface area contributed by atoms with E-state index in [4.69, 9.17) is 14.2 Å². The maximum Gasteiger partial charge on any atom is 0.306 e. The van der Waals surface area contributed by atoms with E-state index in [9.17, 15) is 23.2 Å². The Bertz CT molecular complexity index is 1290. The lowest BCUT2D eigenvalue weighted by molar-refractivity contribution is -0.156. The molecule has 2 atom stereocenters. The van der Waals surface area contributed by atoms with Crippen molar-refractivity contribution < 1.29 is 37.4 Å². The molecule has 202 valence electrons. The maximum atomic E-state index is 14.3. The number of hydroxylamine groups is 1. The van der Waals surface area contributed by atoms with Gasteiger partial charge < -0.3 is 14.2 Å². The minimum Gasteiger partial charge on any atom is -0.466 e. The molecule has 0 spiro atoms. The van der Waals surface area contributed by atoms with Crippen molar-refractivity contribution in [3.8, 4) is 11.5 Å².